The molecule has 82 valence electrons. The summed E-state index contributed by atoms with van der Waals surface area (Å²) < 4.78 is 0. The van der Waals surface area contributed by atoms with Crippen LogP contribution < -0.4 is 0 Å². The van der Waals surface area contributed by atoms with Crippen LogP contribution in [0.3, 0.4) is 0 Å². The van der Waals surface area contributed by atoms with Crippen LogP contribution in [0.15, 0.2) is 30.3 Å². The van der Waals surface area contributed by atoms with Crippen LogP contribution >= 0.6 is 0 Å². The molecule has 2 rings (SSSR count). The highest BCUT2D eigenvalue weighted by Gasteiger charge is 2.25. The summed E-state index contributed by atoms with van der Waals surface area (Å²) in [6, 6.07) is 10.8. The Morgan fingerprint density at radius 1 is 1.07 bits per heavy atom. The zero-order chi connectivity index (χ0) is 10.5. The molecule has 0 radical (unpaired) electrons. The number of hydrogen-bond acceptors (Lipinski definition) is 1. The standard InChI is InChI=1S/C14H20O/c15-11-10-13-8-4-5-9-14(13)12-6-2-1-3-7-12/h1-3,6-7,13-15H,4-5,8-11H2/t13-,14+/m0/s1. The highest BCUT2D eigenvalue weighted by atomic mass is 16.3. The molecule has 0 amide bonds. The molecule has 0 heterocycles. The molecule has 1 nitrogen and oxygen atoms in total. The van der Waals surface area contributed by atoms with Gasteiger partial charge in [-0.05, 0) is 36.7 Å². The monoisotopic (exact) mass is 204 g/mol. The molecule has 0 bridgehead atoms. The summed E-state index contributed by atoms with van der Waals surface area (Å²) >= 11 is 0. The lowest BCUT2D eigenvalue weighted by molar-refractivity contribution is 0.211. The van der Waals surface area contributed by atoms with Gasteiger partial charge in [0.15, 0.2) is 0 Å². The van der Waals surface area contributed by atoms with E-state index in [4.69, 9.17) is 5.11 Å². The van der Waals surface area contributed by atoms with Crippen LogP contribution in [-0.2, 0) is 0 Å². The molecule has 0 unspecified atom stereocenters. The Kier molecular flexibility index (Phi) is 3.79. The normalized spacial score (nSPS) is 26.5. The molecular formula is C14H20O. The third-order valence-corrected chi connectivity index (χ3v) is 3.64. The fourth-order valence-corrected chi connectivity index (χ4v) is 2.86. The fourth-order valence-electron chi connectivity index (χ4n) is 2.86. The van der Waals surface area contributed by atoms with Gasteiger partial charge in [0.1, 0.15) is 0 Å². The van der Waals surface area contributed by atoms with Gasteiger partial charge >= 0.3 is 0 Å². The highest BCUT2D eigenvalue weighted by Crippen LogP contribution is 2.39. The first-order valence-electron chi connectivity index (χ1n) is 6.07. The summed E-state index contributed by atoms with van der Waals surface area (Å²) in [5, 5.41) is 9.08. The van der Waals surface area contributed by atoms with Gasteiger partial charge in [-0.1, -0.05) is 43.2 Å². The summed E-state index contributed by atoms with van der Waals surface area (Å²) in [4.78, 5) is 0. The van der Waals surface area contributed by atoms with Crippen LogP contribution in [0.1, 0.15) is 43.6 Å². The van der Waals surface area contributed by atoms with E-state index in [2.05, 4.69) is 30.3 Å². The molecule has 1 aliphatic carbocycles. The summed E-state index contributed by atoms with van der Waals surface area (Å²) in [7, 11) is 0. The molecule has 1 aliphatic rings. The molecule has 1 saturated carbocycles. The van der Waals surface area contributed by atoms with Crippen molar-refractivity contribution in [3.8, 4) is 0 Å². The van der Waals surface area contributed by atoms with Crippen molar-refractivity contribution < 1.29 is 5.11 Å². The van der Waals surface area contributed by atoms with Gasteiger partial charge in [-0.2, -0.15) is 0 Å². The first-order valence-corrected chi connectivity index (χ1v) is 6.07. The Morgan fingerprint density at radius 3 is 2.53 bits per heavy atom. The smallest absolute Gasteiger partial charge is 0.0433 e. The number of aliphatic hydroxyl groups is 1. The number of aliphatic hydroxyl groups excluding tert-OH is 1. The van der Waals surface area contributed by atoms with Crippen LogP contribution in [0.4, 0.5) is 0 Å². The Morgan fingerprint density at radius 2 is 1.80 bits per heavy atom. The van der Waals surface area contributed by atoms with Crippen molar-refractivity contribution in [1.29, 1.82) is 0 Å². The molecule has 2 atom stereocenters. The molecule has 15 heavy (non-hydrogen) atoms. The van der Waals surface area contributed by atoms with Crippen molar-refractivity contribution in [2.45, 2.75) is 38.0 Å². The minimum absolute atomic E-state index is 0.341. The zero-order valence-electron chi connectivity index (χ0n) is 9.23. The van der Waals surface area contributed by atoms with Crippen molar-refractivity contribution in [3.63, 3.8) is 0 Å². The summed E-state index contributed by atoms with van der Waals surface area (Å²) in [6.07, 6.45) is 6.25. The topological polar surface area (TPSA) is 20.2 Å². The van der Waals surface area contributed by atoms with E-state index < -0.39 is 0 Å². The average Bonchev–Trinajstić information content (AvgIpc) is 2.31. The number of benzene rings is 1. The molecule has 1 aromatic carbocycles. The van der Waals surface area contributed by atoms with E-state index in [1.54, 1.807) is 0 Å². The average molecular weight is 204 g/mol. The van der Waals surface area contributed by atoms with E-state index in [1.165, 1.54) is 31.2 Å². The van der Waals surface area contributed by atoms with E-state index in [-0.39, 0.29) is 0 Å². The van der Waals surface area contributed by atoms with Crippen LogP contribution in [0, 0.1) is 5.92 Å². The van der Waals surface area contributed by atoms with Crippen molar-refractivity contribution in [2.24, 2.45) is 5.92 Å². The van der Waals surface area contributed by atoms with Crippen molar-refractivity contribution >= 4 is 0 Å². The number of rotatable bonds is 3. The van der Waals surface area contributed by atoms with Crippen LogP contribution in [0.5, 0.6) is 0 Å². The minimum atomic E-state index is 0.341. The molecule has 0 aliphatic heterocycles. The second-order valence-corrected chi connectivity index (χ2v) is 4.57. The molecule has 1 heteroatoms. The van der Waals surface area contributed by atoms with Gasteiger partial charge < -0.3 is 5.11 Å². The van der Waals surface area contributed by atoms with Gasteiger partial charge in [0.05, 0.1) is 0 Å². The van der Waals surface area contributed by atoms with Crippen LogP contribution in [-0.4, -0.2) is 11.7 Å². The van der Waals surface area contributed by atoms with Gasteiger partial charge in [-0.3, -0.25) is 0 Å². The van der Waals surface area contributed by atoms with Crippen molar-refractivity contribution in [3.05, 3.63) is 35.9 Å². The predicted molar refractivity (Wildman–Crippen MR) is 62.8 cm³/mol. The third-order valence-electron chi connectivity index (χ3n) is 3.64. The molecular weight excluding hydrogens is 184 g/mol. The zero-order valence-corrected chi connectivity index (χ0v) is 9.23. The summed E-state index contributed by atoms with van der Waals surface area (Å²) in [5.41, 5.74) is 1.47. The second-order valence-electron chi connectivity index (χ2n) is 4.57. The lowest BCUT2D eigenvalue weighted by atomic mass is 9.74. The predicted octanol–water partition coefficient (Wildman–Crippen LogP) is 3.34. The molecule has 1 aromatic rings. The summed E-state index contributed by atoms with van der Waals surface area (Å²) in [5.74, 6) is 1.39. The molecule has 1 fully saturated rings. The van der Waals surface area contributed by atoms with E-state index in [1.807, 2.05) is 0 Å². The SMILES string of the molecule is OCC[C@@H]1CCCC[C@@H]1c1ccccc1. The van der Waals surface area contributed by atoms with Crippen LogP contribution in [0.25, 0.3) is 0 Å². The first kappa shape index (κ1) is 10.7. The van der Waals surface area contributed by atoms with Crippen LogP contribution in [0.2, 0.25) is 0 Å². The van der Waals surface area contributed by atoms with E-state index in [0.29, 0.717) is 18.4 Å². The molecule has 1 N–H and O–H groups in total. The third kappa shape index (κ3) is 2.60. The lowest BCUT2D eigenvalue weighted by Gasteiger charge is -2.31. The van der Waals surface area contributed by atoms with E-state index in [0.717, 1.165) is 6.42 Å². The van der Waals surface area contributed by atoms with E-state index in [9.17, 15) is 0 Å². The maximum atomic E-state index is 9.08. The Hall–Kier alpha value is -0.820. The van der Waals surface area contributed by atoms with Gasteiger partial charge in [0.2, 0.25) is 0 Å². The van der Waals surface area contributed by atoms with Gasteiger partial charge in [0, 0.05) is 6.61 Å². The first-order chi connectivity index (χ1) is 7.42. The van der Waals surface area contributed by atoms with Gasteiger partial charge in [-0.25, -0.2) is 0 Å². The Labute approximate surface area is 92.1 Å². The van der Waals surface area contributed by atoms with Gasteiger partial charge in [0.25, 0.3) is 0 Å². The fraction of sp³-hybridized carbons (Fsp3) is 0.571. The Balaban J connectivity index is 2.11. The highest BCUT2D eigenvalue weighted by molar-refractivity contribution is 5.20. The summed E-state index contributed by atoms with van der Waals surface area (Å²) in [6.45, 7) is 0.341. The largest absolute Gasteiger partial charge is 0.396 e. The quantitative estimate of drug-likeness (QED) is 0.800. The number of hydrogen-bond donors (Lipinski definition) is 1. The molecule has 0 spiro atoms. The van der Waals surface area contributed by atoms with Crippen molar-refractivity contribution in [1.82, 2.24) is 0 Å². The van der Waals surface area contributed by atoms with Crippen molar-refractivity contribution in [2.75, 3.05) is 6.61 Å². The lowest BCUT2D eigenvalue weighted by Crippen LogP contribution is -2.18. The Bertz CT molecular complexity index is 279. The minimum Gasteiger partial charge on any atom is -0.396 e. The molecule has 0 aromatic heterocycles. The van der Waals surface area contributed by atoms with Gasteiger partial charge in [-0.15, -0.1) is 0 Å². The second kappa shape index (κ2) is 5.32. The van der Waals surface area contributed by atoms with E-state index >= 15 is 0 Å². The maximum absolute atomic E-state index is 9.08. The maximum Gasteiger partial charge on any atom is 0.0433 e. The molecule has 0 saturated heterocycles.